The highest BCUT2D eigenvalue weighted by molar-refractivity contribution is 9.10. The molecule has 0 heterocycles. The number of carbonyl (C=O) groups is 2. The maximum Gasteiger partial charge on any atom is 0.261 e. The van der Waals surface area contributed by atoms with E-state index in [2.05, 4.69) is 21.2 Å². The highest BCUT2D eigenvalue weighted by atomic mass is 79.9. The number of nitrogens with one attached hydrogen (secondary N) is 1. The van der Waals surface area contributed by atoms with E-state index >= 15 is 0 Å². The fourth-order valence-corrected chi connectivity index (χ4v) is 5.20. The van der Waals surface area contributed by atoms with Crippen LogP contribution >= 0.6 is 50.7 Å². The van der Waals surface area contributed by atoms with Gasteiger partial charge >= 0.3 is 0 Å². The number of hydrogen-bond donors (Lipinski definition) is 1. The van der Waals surface area contributed by atoms with Crippen LogP contribution in [0.3, 0.4) is 0 Å². The van der Waals surface area contributed by atoms with E-state index in [0.29, 0.717) is 32.8 Å². The first kappa shape index (κ1) is 26.1. The summed E-state index contributed by atoms with van der Waals surface area (Å²) in [6.07, 6.45) is 4.55. The van der Waals surface area contributed by atoms with Gasteiger partial charge in [0.05, 0.1) is 5.02 Å². The molecule has 3 rings (SSSR count). The van der Waals surface area contributed by atoms with Gasteiger partial charge < -0.3 is 15.0 Å². The van der Waals surface area contributed by atoms with Crippen molar-refractivity contribution >= 4 is 62.5 Å². The van der Waals surface area contributed by atoms with Crippen LogP contribution in [0, 0.1) is 0 Å². The van der Waals surface area contributed by atoms with Crippen molar-refractivity contribution in [2.75, 3.05) is 6.61 Å². The molecule has 1 atom stereocenters. The summed E-state index contributed by atoms with van der Waals surface area (Å²) in [5.74, 6) is -0.159. The number of nitrogens with zero attached hydrogens (tertiary/aromatic N) is 1. The van der Waals surface area contributed by atoms with E-state index in [9.17, 15) is 9.59 Å². The van der Waals surface area contributed by atoms with Crippen LogP contribution in [0.2, 0.25) is 15.1 Å². The quantitative estimate of drug-likeness (QED) is 0.364. The maximum absolute atomic E-state index is 13.3. The Hall–Kier alpha value is -1.47. The molecule has 178 valence electrons. The zero-order chi connectivity index (χ0) is 24.0. The molecule has 1 N–H and O–H groups in total. The van der Waals surface area contributed by atoms with Crippen molar-refractivity contribution in [3.05, 3.63) is 61.5 Å². The number of amides is 2. The minimum Gasteiger partial charge on any atom is -0.482 e. The SMILES string of the molecule is CC[C@@H](C(=O)NC1CCCC1)N(Cc1c(Cl)cccc1Cl)C(=O)COc1ccc(Br)cc1Cl. The summed E-state index contributed by atoms with van der Waals surface area (Å²) in [5, 5.41) is 4.35. The van der Waals surface area contributed by atoms with Crippen molar-refractivity contribution in [3.63, 3.8) is 0 Å². The lowest BCUT2D eigenvalue weighted by atomic mass is 10.1. The first-order valence-electron chi connectivity index (χ1n) is 10.9. The van der Waals surface area contributed by atoms with Crippen molar-refractivity contribution in [2.24, 2.45) is 0 Å². The fraction of sp³-hybridized carbons (Fsp3) is 0.417. The minimum atomic E-state index is -0.686. The van der Waals surface area contributed by atoms with Crippen LogP contribution in [0.5, 0.6) is 5.75 Å². The molecule has 1 fully saturated rings. The van der Waals surface area contributed by atoms with E-state index in [0.717, 1.165) is 30.2 Å². The van der Waals surface area contributed by atoms with Gasteiger partial charge in [-0.3, -0.25) is 9.59 Å². The Morgan fingerprint density at radius 1 is 1.12 bits per heavy atom. The van der Waals surface area contributed by atoms with E-state index in [1.54, 1.807) is 36.4 Å². The molecule has 0 saturated heterocycles. The number of carbonyl (C=O) groups excluding carboxylic acids is 2. The molecule has 33 heavy (non-hydrogen) atoms. The van der Waals surface area contributed by atoms with E-state index in [-0.39, 0.29) is 31.0 Å². The van der Waals surface area contributed by atoms with Crippen LogP contribution in [-0.4, -0.2) is 35.4 Å². The molecular formula is C24H26BrCl3N2O3. The smallest absolute Gasteiger partial charge is 0.261 e. The summed E-state index contributed by atoms with van der Waals surface area (Å²) in [4.78, 5) is 28.0. The van der Waals surface area contributed by atoms with Gasteiger partial charge in [-0.05, 0) is 49.6 Å². The van der Waals surface area contributed by atoms with Crippen LogP contribution in [-0.2, 0) is 16.1 Å². The van der Waals surface area contributed by atoms with E-state index in [1.807, 2.05) is 6.92 Å². The summed E-state index contributed by atoms with van der Waals surface area (Å²) >= 11 is 22.3. The number of rotatable bonds is 9. The summed E-state index contributed by atoms with van der Waals surface area (Å²) in [6.45, 7) is 1.68. The minimum absolute atomic E-state index is 0.0887. The third-order valence-corrected chi connectivity index (χ3v) is 7.22. The molecule has 2 aromatic carbocycles. The molecule has 2 aromatic rings. The number of halogens is 4. The van der Waals surface area contributed by atoms with Crippen molar-refractivity contribution in [2.45, 2.75) is 57.7 Å². The highest BCUT2D eigenvalue weighted by Crippen LogP contribution is 2.29. The molecule has 0 bridgehead atoms. The Labute approximate surface area is 217 Å². The van der Waals surface area contributed by atoms with Crippen molar-refractivity contribution in [1.82, 2.24) is 10.2 Å². The molecular weight excluding hydrogens is 551 g/mol. The third kappa shape index (κ3) is 7.01. The average Bonchev–Trinajstić information content (AvgIpc) is 3.27. The maximum atomic E-state index is 13.3. The number of benzene rings is 2. The van der Waals surface area contributed by atoms with E-state index < -0.39 is 6.04 Å². The molecule has 0 unspecified atom stereocenters. The van der Waals surface area contributed by atoms with Gasteiger partial charge in [0.2, 0.25) is 5.91 Å². The van der Waals surface area contributed by atoms with Crippen LogP contribution in [0.25, 0.3) is 0 Å². The largest absolute Gasteiger partial charge is 0.482 e. The lowest BCUT2D eigenvalue weighted by Gasteiger charge is -2.32. The zero-order valence-electron chi connectivity index (χ0n) is 18.3. The Balaban J connectivity index is 1.82. The summed E-state index contributed by atoms with van der Waals surface area (Å²) in [5.41, 5.74) is 0.586. The molecule has 1 aliphatic rings. The predicted octanol–water partition coefficient (Wildman–Crippen LogP) is 6.65. The van der Waals surface area contributed by atoms with Gasteiger partial charge in [0, 0.05) is 32.7 Å². The second-order valence-corrected chi connectivity index (χ2v) is 10.1. The topological polar surface area (TPSA) is 58.6 Å². The number of hydrogen-bond acceptors (Lipinski definition) is 3. The molecule has 2 amide bonds. The Morgan fingerprint density at radius 2 is 1.79 bits per heavy atom. The van der Waals surface area contributed by atoms with Crippen LogP contribution in [0.4, 0.5) is 0 Å². The lowest BCUT2D eigenvalue weighted by Crippen LogP contribution is -2.52. The summed E-state index contributed by atoms with van der Waals surface area (Å²) < 4.78 is 6.50. The first-order valence-corrected chi connectivity index (χ1v) is 12.8. The van der Waals surface area contributed by atoms with Crippen LogP contribution in [0.1, 0.15) is 44.6 Å². The molecule has 1 aliphatic carbocycles. The van der Waals surface area contributed by atoms with Gasteiger partial charge in [0.15, 0.2) is 6.61 Å². The molecule has 0 radical (unpaired) electrons. The van der Waals surface area contributed by atoms with Gasteiger partial charge in [-0.15, -0.1) is 0 Å². The van der Waals surface area contributed by atoms with Gasteiger partial charge in [-0.1, -0.05) is 76.6 Å². The van der Waals surface area contributed by atoms with E-state index in [4.69, 9.17) is 39.5 Å². The molecule has 1 saturated carbocycles. The molecule has 5 nitrogen and oxygen atoms in total. The average molecular weight is 577 g/mol. The van der Waals surface area contributed by atoms with Crippen molar-refractivity contribution in [3.8, 4) is 5.75 Å². The van der Waals surface area contributed by atoms with Gasteiger partial charge in [-0.2, -0.15) is 0 Å². The monoisotopic (exact) mass is 574 g/mol. The molecule has 0 aromatic heterocycles. The first-order chi connectivity index (χ1) is 15.8. The van der Waals surface area contributed by atoms with Crippen molar-refractivity contribution in [1.29, 1.82) is 0 Å². The summed E-state index contributed by atoms with van der Waals surface area (Å²) in [7, 11) is 0. The van der Waals surface area contributed by atoms with Gasteiger partial charge in [0.25, 0.3) is 5.91 Å². The molecule has 0 spiro atoms. The van der Waals surface area contributed by atoms with Gasteiger partial charge in [0.1, 0.15) is 11.8 Å². The predicted molar refractivity (Wildman–Crippen MR) is 136 cm³/mol. The van der Waals surface area contributed by atoms with Crippen LogP contribution < -0.4 is 10.1 Å². The molecule has 9 heteroatoms. The fourth-order valence-electron chi connectivity index (χ4n) is 3.96. The van der Waals surface area contributed by atoms with Gasteiger partial charge in [-0.25, -0.2) is 0 Å². The second kappa shape index (κ2) is 12.3. The zero-order valence-corrected chi connectivity index (χ0v) is 22.1. The Morgan fingerprint density at radius 3 is 2.39 bits per heavy atom. The Kier molecular flexibility index (Phi) is 9.74. The standard InChI is InChI=1S/C24H26BrCl3N2O3/c1-2-21(24(32)29-16-6-3-4-7-16)30(13-17-18(26)8-5-9-19(17)27)23(31)14-33-22-11-10-15(25)12-20(22)28/h5,8-12,16,21H,2-4,6-7,13-14H2,1H3,(H,29,32)/t21-/m0/s1. The van der Waals surface area contributed by atoms with E-state index in [1.165, 1.54) is 4.90 Å². The normalized spacial score (nSPS) is 14.7. The van der Waals surface area contributed by atoms with Crippen molar-refractivity contribution < 1.29 is 14.3 Å². The van der Waals surface area contributed by atoms with Crippen LogP contribution in [0.15, 0.2) is 40.9 Å². The number of ether oxygens (including phenoxy) is 1. The third-order valence-electron chi connectivity index (χ3n) is 5.72. The lowest BCUT2D eigenvalue weighted by molar-refractivity contribution is -0.143. The second-order valence-electron chi connectivity index (χ2n) is 8.00. The summed E-state index contributed by atoms with van der Waals surface area (Å²) in [6, 6.07) is 9.76. The Bertz CT molecular complexity index is 979. The highest BCUT2D eigenvalue weighted by Gasteiger charge is 2.31. The molecule has 0 aliphatic heterocycles.